The number of thiophene rings is 1. The zero-order valence-corrected chi connectivity index (χ0v) is 17.2. The van der Waals surface area contributed by atoms with E-state index in [1.807, 2.05) is 48.5 Å². The molecule has 4 nitrogen and oxygen atoms in total. The monoisotopic (exact) mass is 442 g/mol. The maximum atomic E-state index is 13.1. The molecule has 1 N–H and O–H groups in total. The summed E-state index contributed by atoms with van der Waals surface area (Å²) in [5, 5.41) is 2.89. The molecule has 138 valence electrons. The Hall–Kier alpha value is -2.44. The predicted octanol–water partition coefficient (Wildman–Crippen LogP) is 4.64. The molecule has 6 heteroatoms. The van der Waals surface area contributed by atoms with Gasteiger partial charge in [0.15, 0.2) is 0 Å². The van der Waals surface area contributed by atoms with Crippen molar-refractivity contribution < 1.29 is 9.59 Å². The van der Waals surface area contributed by atoms with E-state index in [0.29, 0.717) is 12.1 Å². The average Bonchev–Trinajstić information content (AvgIpc) is 3.11. The van der Waals surface area contributed by atoms with Gasteiger partial charge in [-0.25, -0.2) is 0 Å². The van der Waals surface area contributed by atoms with Crippen LogP contribution in [0.15, 0.2) is 76.6 Å². The molecule has 0 fully saturated rings. The van der Waals surface area contributed by atoms with Gasteiger partial charge in [0, 0.05) is 17.5 Å². The molecule has 0 aliphatic rings. The van der Waals surface area contributed by atoms with Crippen LogP contribution in [0.5, 0.6) is 0 Å². The smallest absolute Gasteiger partial charge is 0.252 e. The third-order valence-corrected chi connectivity index (χ3v) is 5.70. The molecule has 0 bridgehead atoms. The second-order valence-electron chi connectivity index (χ2n) is 6.08. The minimum Gasteiger partial charge on any atom is -0.339 e. The molecule has 1 heterocycles. The van der Waals surface area contributed by atoms with E-state index in [1.165, 1.54) is 0 Å². The number of carbonyl (C=O) groups excluding carboxylic acids is 2. The fourth-order valence-corrected chi connectivity index (χ4v) is 4.24. The number of hydrogen-bond donors (Lipinski definition) is 1. The summed E-state index contributed by atoms with van der Waals surface area (Å²) in [6.07, 6.45) is 0. The highest BCUT2D eigenvalue weighted by molar-refractivity contribution is 9.11. The summed E-state index contributed by atoms with van der Waals surface area (Å²) >= 11 is 5.03. The molecule has 1 atom stereocenters. The van der Waals surface area contributed by atoms with Crippen LogP contribution in [0.25, 0.3) is 0 Å². The fourth-order valence-electron chi connectivity index (χ4n) is 2.71. The van der Waals surface area contributed by atoms with Crippen molar-refractivity contribution in [3.05, 3.63) is 92.6 Å². The van der Waals surface area contributed by atoms with E-state index < -0.39 is 6.04 Å². The molecule has 0 saturated carbocycles. The summed E-state index contributed by atoms with van der Waals surface area (Å²) in [4.78, 5) is 28.5. The highest BCUT2D eigenvalue weighted by Gasteiger charge is 2.26. The first kappa shape index (κ1) is 19.3. The van der Waals surface area contributed by atoms with Crippen LogP contribution >= 0.6 is 27.3 Å². The number of amides is 2. The first-order valence-corrected chi connectivity index (χ1v) is 10.1. The Morgan fingerprint density at radius 2 is 1.63 bits per heavy atom. The first-order chi connectivity index (χ1) is 13.0. The Kier molecular flexibility index (Phi) is 6.42. The van der Waals surface area contributed by atoms with Crippen LogP contribution in [-0.4, -0.2) is 23.8 Å². The highest BCUT2D eigenvalue weighted by Crippen LogP contribution is 2.24. The van der Waals surface area contributed by atoms with Crippen molar-refractivity contribution in [2.24, 2.45) is 0 Å². The molecule has 0 radical (unpaired) electrons. The van der Waals surface area contributed by atoms with E-state index in [-0.39, 0.29) is 11.8 Å². The van der Waals surface area contributed by atoms with Crippen molar-refractivity contribution >= 4 is 39.1 Å². The molecule has 27 heavy (non-hydrogen) atoms. The highest BCUT2D eigenvalue weighted by atomic mass is 79.9. The minimum atomic E-state index is -0.743. The van der Waals surface area contributed by atoms with Gasteiger partial charge in [0.25, 0.3) is 5.91 Å². The largest absolute Gasteiger partial charge is 0.339 e. The van der Waals surface area contributed by atoms with Crippen LogP contribution in [0, 0.1) is 0 Å². The molecule has 0 spiro atoms. The van der Waals surface area contributed by atoms with Crippen LogP contribution < -0.4 is 5.32 Å². The van der Waals surface area contributed by atoms with Crippen molar-refractivity contribution in [1.29, 1.82) is 0 Å². The van der Waals surface area contributed by atoms with Gasteiger partial charge in [-0.05, 0) is 45.8 Å². The number of hydrogen-bond acceptors (Lipinski definition) is 3. The standard InChI is InChI=1S/C21H19BrN2O2S/c1-24(14-17-12-13-18(22)27-17)21(26)19(15-8-4-2-5-9-15)23-20(25)16-10-6-3-7-11-16/h2-13,19H,14H2,1H3,(H,23,25). The summed E-state index contributed by atoms with van der Waals surface area (Å²) in [6.45, 7) is 0.486. The van der Waals surface area contributed by atoms with Crippen LogP contribution in [0.4, 0.5) is 0 Å². The Morgan fingerprint density at radius 3 is 2.22 bits per heavy atom. The van der Waals surface area contributed by atoms with Gasteiger partial charge in [-0.3, -0.25) is 9.59 Å². The molecule has 0 aliphatic heterocycles. The Bertz CT molecular complexity index is 912. The van der Waals surface area contributed by atoms with Crippen LogP contribution in [-0.2, 0) is 11.3 Å². The summed E-state index contributed by atoms with van der Waals surface area (Å²) in [5.74, 6) is -0.430. The van der Waals surface area contributed by atoms with Crippen LogP contribution in [0.2, 0.25) is 0 Å². The molecule has 2 amide bonds. The van der Waals surface area contributed by atoms with E-state index in [9.17, 15) is 9.59 Å². The van der Waals surface area contributed by atoms with Crippen molar-refractivity contribution in [1.82, 2.24) is 10.2 Å². The Labute approximate surface area is 171 Å². The summed E-state index contributed by atoms with van der Waals surface area (Å²) in [6, 6.07) is 21.4. The minimum absolute atomic E-state index is 0.157. The molecule has 3 aromatic rings. The van der Waals surface area contributed by atoms with Gasteiger partial charge in [-0.2, -0.15) is 0 Å². The molecule has 2 aromatic carbocycles. The van der Waals surface area contributed by atoms with Gasteiger partial charge in [0.05, 0.1) is 10.3 Å². The second kappa shape index (κ2) is 8.97. The van der Waals surface area contributed by atoms with Gasteiger partial charge in [-0.15, -0.1) is 11.3 Å². The van der Waals surface area contributed by atoms with Crippen molar-refractivity contribution in [2.45, 2.75) is 12.6 Å². The first-order valence-electron chi connectivity index (χ1n) is 8.44. The topological polar surface area (TPSA) is 49.4 Å². The van der Waals surface area contributed by atoms with Crippen LogP contribution in [0.3, 0.4) is 0 Å². The molecule has 3 rings (SSSR count). The third-order valence-electron chi connectivity index (χ3n) is 4.09. The zero-order valence-electron chi connectivity index (χ0n) is 14.8. The SMILES string of the molecule is CN(Cc1ccc(Br)s1)C(=O)C(NC(=O)c1ccccc1)c1ccccc1. The summed E-state index contributed by atoms with van der Waals surface area (Å²) in [7, 11) is 1.75. The fraction of sp³-hybridized carbons (Fsp3) is 0.143. The number of carbonyl (C=O) groups is 2. The van der Waals surface area contributed by atoms with Crippen molar-refractivity contribution in [3.8, 4) is 0 Å². The number of nitrogens with one attached hydrogen (secondary N) is 1. The predicted molar refractivity (Wildman–Crippen MR) is 112 cm³/mol. The molecule has 0 aliphatic carbocycles. The molecule has 0 saturated heterocycles. The van der Waals surface area contributed by atoms with Gasteiger partial charge < -0.3 is 10.2 Å². The van der Waals surface area contributed by atoms with E-state index >= 15 is 0 Å². The lowest BCUT2D eigenvalue weighted by Gasteiger charge is -2.24. The number of halogens is 1. The Morgan fingerprint density at radius 1 is 1.00 bits per heavy atom. The van der Waals surface area contributed by atoms with Gasteiger partial charge in [0.2, 0.25) is 5.91 Å². The lowest BCUT2D eigenvalue weighted by Crippen LogP contribution is -2.41. The maximum absolute atomic E-state index is 13.1. The van der Waals surface area contributed by atoms with E-state index in [2.05, 4.69) is 21.2 Å². The lowest BCUT2D eigenvalue weighted by molar-refractivity contribution is -0.132. The van der Waals surface area contributed by atoms with E-state index in [0.717, 1.165) is 14.2 Å². The number of likely N-dealkylation sites (N-methyl/N-ethyl adjacent to an activating group) is 1. The summed E-state index contributed by atoms with van der Waals surface area (Å²) in [5.41, 5.74) is 1.28. The number of benzene rings is 2. The zero-order chi connectivity index (χ0) is 19.2. The maximum Gasteiger partial charge on any atom is 0.252 e. The molecular weight excluding hydrogens is 424 g/mol. The molecule has 1 unspecified atom stereocenters. The lowest BCUT2D eigenvalue weighted by atomic mass is 10.0. The van der Waals surface area contributed by atoms with Gasteiger partial charge in [0.1, 0.15) is 6.04 Å². The molecule has 1 aromatic heterocycles. The number of nitrogens with zero attached hydrogens (tertiary/aromatic N) is 1. The van der Waals surface area contributed by atoms with E-state index in [4.69, 9.17) is 0 Å². The number of rotatable bonds is 6. The quantitative estimate of drug-likeness (QED) is 0.604. The normalized spacial score (nSPS) is 11.6. The van der Waals surface area contributed by atoms with Gasteiger partial charge in [-0.1, -0.05) is 48.5 Å². The van der Waals surface area contributed by atoms with Crippen molar-refractivity contribution in [3.63, 3.8) is 0 Å². The average molecular weight is 443 g/mol. The summed E-state index contributed by atoms with van der Waals surface area (Å²) < 4.78 is 1.02. The van der Waals surface area contributed by atoms with E-state index in [1.54, 1.807) is 47.5 Å². The van der Waals surface area contributed by atoms with Crippen molar-refractivity contribution in [2.75, 3.05) is 7.05 Å². The second-order valence-corrected chi connectivity index (χ2v) is 8.63. The van der Waals surface area contributed by atoms with Crippen LogP contribution in [0.1, 0.15) is 26.8 Å². The van der Waals surface area contributed by atoms with Gasteiger partial charge >= 0.3 is 0 Å². The third kappa shape index (κ3) is 5.05. The Balaban J connectivity index is 1.81. The molecular formula is C21H19BrN2O2S.